The highest BCUT2D eigenvalue weighted by Gasteiger charge is 2.36. The first-order valence-electron chi connectivity index (χ1n) is 7.79. The van der Waals surface area contributed by atoms with Gasteiger partial charge >= 0.3 is 0 Å². The van der Waals surface area contributed by atoms with Crippen LogP contribution in [-0.4, -0.2) is 22.9 Å². The third kappa shape index (κ3) is 4.16. The summed E-state index contributed by atoms with van der Waals surface area (Å²) in [5, 5.41) is 0. The van der Waals surface area contributed by atoms with Gasteiger partial charge in [-0.3, -0.25) is 4.79 Å². The van der Waals surface area contributed by atoms with Crippen molar-refractivity contribution in [1.29, 1.82) is 0 Å². The molecular formula is C18H24FNO. The molecule has 1 saturated carbocycles. The Balaban J connectivity index is 2.06. The first-order valence-corrected chi connectivity index (χ1v) is 7.79. The van der Waals surface area contributed by atoms with E-state index >= 15 is 0 Å². The van der Waals surface area contributed by atoms with Gasteiger partial charge in [-0.1, -0.05) is 32.4 Å². The van der Waals surface area contributed by atoms with Crippen LogP contribution in [0.1, 0.15) is 45.6 Å². The number of carbonyl (C=O) groups is 1. The molecule has 1 aromatic rings. The maximum atomic E-state index is 12.9. The van der Waals surface area contributed by atoms with Gasteiger partial charge in [0, 0.05) is 18.2 Å². The fourth-order valence-corrected chi connectivity index (χ4v) is 2.51. The molecule has 2 rings (SSSR count). The van der Waals surface area contributed by atoms with Crippen LogP contribution in [0.25, 0.3) is 6.08 Å². The number of benzene rings is 1. The molecule has 3 heteroatoms. The fourth-order valence-electron chi connectivity index (χ4n) is 2.51. The Morgan fingerprint density at radius 3 is 2.48 bits per heavy atom. The van der Waals surface area contributed by atoms with Crippen molar-refractivity contribution in [3.05, 3.63) is 41.7 Å². The molecule has 0 radical (unpaired) electrons. The summed E-state index contributed by atoms with van der Waals surface area (Å²) in [5.74, 6) is 0.298. The van der Waals surface area contributed by atoms with Crippen LogP contribution >= 0.6 is 0 Å². The first kappa shape index (κ1) is 15.7. The molecule has 114 valence electrons. The molecule has 0 aromatic heterocycles. The predicted octanol–water partition coefficient (Wildman–Crippen LogP) is 4.26. The van der Waals surface area contributed by atoms with E-state index in [2.05, 4.69) is 20.8 Å². The van der Waals surface area contributed by atoms with Crippen LogP contribution in [0.2, 0.25) is 0 Å². The largest absolute Gasteiger partial charge is 0.333 e. The number of hydrogen-bond donors (Lipinski definition) is 0. The zero-order chi connectivity index (χ0) is 15.4. The van der Waals surface area contributed by atoms with Crippen LogP contribution in [0, 0.1) is 11.7 Å². The Morgan fingerprint density at radius 1 is 1.33 bits per heavy atom. The van der Waals surface area contributed by atoms with Crippen molar-refractivity contribution in [1.82, 2.24) is 4.90 Å². The van der Waals surface area contributed by atoms with Crippen molar-refractivity contribution in [2.45, 2.75) is 52.1 Å². The Hall–Kier alpha value is -1.64. The van der Waals surface area contributed by atoms with E-state index in [4.69, 9.17) is 0 Å². The molecule has 0 bridgehead atoms. The Labute approximate surface area is 126 Å². The fraction of sp³-hybridized carbons (Fsp3) is 0.500. The number of hydrogen-bond acceptors (Lipinski definition) is 1. The van der Waals surface area contributed by atoms with Gasteiger partial charge in [-0.15, -0.1) is 0 Å². The van der Waals surface area contributed by atoms with Crippen molar-refractivity contribution >= 4 is 12.0 Å². The molecule has 1 amide bonds. The van der Waals surface area contributed by atoms with E-state index in [1.165, 1.54) is 12.1 Å². The van der Waals surface area contributed by atoms with Gasteiger partial charge in [-0.25, -0.2) is 4.39 Å². The molecule has 1 aliphatic rings. The van der Waals surface area contributed by atoms with Gasteiger partial charge in [0.2, 0.25) is 5.91 Å². The summed E-state index contributed by atoms with van der Waals surface area (Å²) in [6.45, 7) is 6.48. The van der Waals surface area contributed by atoms with Crippen LogP contribution in [0.4, 0.5) is 4.39 Å². The molecule has 21 heavy (non-hydrogen) atoms. The van der Waals surface area contributed by atoms with Crippen molar-refractivity contribution in [3.8, 4) is 0 Å². The zero-order valence-corrected chi connectivity index (χ0v) is 13.1. The lowest BCUT2D eigenvalue weighted by atomic mass is 9.99. The van der Waals surface area contributed by atoms with Crippen molar-refractivity contribution in [2.24, 2.45) is 5.92 Å². The highest BCUT2D eigenvalue weighted by Crippen LogP contribution is 2.31. The molecule has 0 aliphatic heterocycles. The lowest BCUT2D eigenvalue weighted by Gasteiger charge is -2.32. The van der Waals surface area contributed by atoms with Crippen LogP contribution < -0.4 is 0 Å². The van der Waals surface area contributed by atoms with Gasteiger partial charge in [0.1, 0.15) is 5.82 Å². The summed E-state index contributed by atoms with van der Waals surface area (Å²) in [7, 11) is 0. The lowest BCUT2D eigenvalue weighted by Crippen LogP contribution is -2.42. The second-order valence-corrected chi connectivity index (χ2v) is 5.99. The number of carbonyl (C=O) groups excluding carboxylic acids is 1. The Kier molecular flexibility index (Phi) is 5.16. The van der Waals surface area contributed by atoms with Crippen molar-refractivity contribution < 1.29 is 9.18 Å². The van der Waals surface area contributed by atoms with Gasteiger partial charge in [0.05, 0.1) is 0 Å². The monoisotopic (exact) mass is 289 g/mol. The van der Waals surface area contributed by atoms with E-state index < -0.39 is 0 Å². The van der Waals surface area contributed by atoms with Crippen LogP contribution in [0.3, 0.4) is 0 Å². The molecular weight excluding hydrogens is 265 g/mol. The minimum atomic E-state index is -0.261. The Bertz CT molecular complexity index is 504. The SMILES string of the molecule is CCC(C)C(C)N(C(=O)C=Cc1ccc(F)cc1)C1CC1. The van der Waals surface area contributed by atoms with Crippen molar-refractivity contribution in [3.63, 3.8) is 0 Å². The maximum Gasteiger partial charge on any atom is 0.247 e. The highest BCUT2D eigenvalue weighted by molar-refractivity contribution is 5.92. The zero-order valence-electron chi connectivity index (χ0n) is 13.1. The summed E-state index contributed by atoms with van der Waals surface area (Å²) in [6.07, 6.45) is 6.66. The number of rotatable bonds is 6. The minimum Gasteiger partial charge on any atom is -0.333 e. The standard InChI is InChI=1S/C18H24FNO/c1-4-13(2)14(3)20(17-10-11-17)18(21)12-7-15-5-8-16(19)9-6-15/h5-9,12-14,17H,4,10-11H2,1-3H3. The molecule has 1 aliphatic carbocycles. The first-order chi connectivity index (χ1) is 10.0. The third-order valence-electron chi connectivity index (χ3n) is 4.39. The average Bonchev–Trinajstić information content (AvgIpc) is 3.30. The molecule has 0 heterocycles. The van der Waals surface area contributed by atoms with Gasteiger partial charge in [-0.05, 0) is 49.5 Å². The maximum absolute atomic E-state index is 12.9. The van der Waals surface area contributed by atoms with E-state index in [1.807, 2.05) is 4.90 Å². The summed E-state index contributed by atoms with van der Waals surface area (Å²) < 4.78 is 12.9. The average molecular weight is 289 g/mol. The quantitative estimate of drug-likeness (QED) is 0.716. The Morgan fingerprint density at radius 2 is 1.95 bits per heavy atom. The second kappa shape index (κ2) is 6.88. The minimum absolute atomic E-state index is 0.0645. The number of amides is 1. The summed E-state index contributed by atoms with van der Waals surface area (Å²) in [4.78, 5) is 14.5. The summed E-state index contributed by atoms with van der Waals surface area (Å²) in [6, 6.07) is 6.83. The molecule has 0 spiro atoms. The molecule has 2 unspecified atom stereocenters. The highest BCUT2D eigenvalue weighted by atomic mass is 19.1. The molecule has 2 atom stereocenters. The normalized spacial score (nSPS) is 17.7. The van der Waals surface area contributed by atoms with E-state index in [0.717, 1.165) is 24.8 Å². The van der Waals surface area contributed by atoms with E-state index in [0.29, 0.717) is 12.0 Å². The molecule has 1 aromatic carbocycles. The van der Waals surface area contributed by atoms with Gasteiger partial charge < -0.3 is 4.90 Å². The topological polar surface area (TPSA) is 20.3 Å². The molecule has 2 nitrogen and oxygen atoms in total. The number of nitrogens with zero attached hydrogens (tertiary/aromatic N) is 1. The van der Waals surface area contributed by atoms with Gasteiger partial charge in [0.15, 0.2) is 0 Å². The molecule has 0 saturated heterocycles. The second-order valence-electron chi connectivity index (χ2n) is 5.99. The van der Waals surface area contributed by atoms with Gasteiger partial charge in [-0.2, -0.15) is 0 Å². The summed E-state index contributed by atoms with van der Waals surface area (Å²) in [5.41, 5.74) is 0.844. The van der Waals surface area contributed by atoms with Crippen LogP contribution in [0.15, 0.2) is 30.3 Å². The molecule has 1 fully saturated rings. The van der Waals surface area contributed by atoms with E-state index in [9.17, 15) is 9.18 Å². The van der Waals surface area contributed by atoms with E-state index in [-0.39, 0.29) is 17.8 Å². The van der Waals surface area contributed by atoms with Crippen LogP contribution in [-0.2, 0) is 4.79 Å². The third-order valence-corrected chi connectivity index (χ3v) is 4.39. The van der Waals surface area contributed by atoms with Crippen molar-refractivity contribution in [2.75, 3.05) is 0 Å². The lowest BCUT2D eigenvalue weighted by molar-refractivity contribution is -0.129. The van der Waals surface area contributed by atoms with Gasteiger partial charge in [0.25, 0.3) is 0 Å². The van der Waals surface area contributed by atoms with E-state index in [1.54, 1.807) is 24.3 Å². The van der Waals surface area contributed by atoms with Crippen LogP contribution in [0.5, 0.6) is 0 Å². The molecule has 0 N–H and O–H groups in total. The number of halogens is 1. The summed E-state index contributed by atoms with van der Waals surface area (Å²) >= 11 is 0. The predicted molar refractivity (Wildman–Crippen MR) is 84.2 cm³/mol. The smallest absolute Gasteiger partial charge is 0.247 e.